The first-order chi connectivity index (χ1) is 14.3. The van der Waals surface area contributed by atoms with E-state index in [0.717, 1.165) is 48.4 Å². The van der Waals surface area contributed by atoms with Gasteiger partial charge in [0.1, 0.15) is 17.8 Å². The van der Waals surface area contributed by atoms with E-state index in [1.807, 2.05) is 37.3 Å². The number of nitrogens with one attached hydrogen (secondary N) is 2. The normalized spacial score (nSPS) is 14.3. The lowest BCUT2D eigenvalue weighted by molar-refractivity contribution is 0.572. The van der Waals surface area contributed by atoms with Gasteiger partial charge in [0.05, 0.1) is 13.1 Å². The van der Waals surface area contributed by atoms with Crippen LogP contribution in [0.4, 0.5) is 0 Å². The second-order valence-electron chi connectivity index (χ2n) is 7.05. The number of fused-ring (bicyclic) bond motifs is 1. The molecule has 8 nitrogen and oxygen atoms in total. The molecule has 0 radical (unpaired) electrons. The van der Waals surface area contributed by atoms with Crippen molar-refractivity contribution < 1.29 is 4.42 Å². The third-order valence-electron chi connectivity index (χ3n) is 4.92. The maximum absolute atomic E-state index is 5.59. The van der Waals surface area contributed by atoms with Gasteiger partial charge < -0.3 is 19.6 Å². The highest BCUT2D eigenvalue weighted by molar-refractivity contribution is 5.79. The zero-order valence-corrected chi connectivity index (χ0v) is 16.8. The molecule has 0 aliphatic carbocycles. The Labute approximate surface area is 170 Å². The number of hydrogen-bond acceptors (Lipinski definition) is 5. The molecule has 0 saturated carbocycles. The Morgan fingerprint density at radius 1 is 1.14 bits per heavy atom. The average Bonchev–Trinajstić information content (AvgIpc) is 3.31. The largest absolute Gasteiger partial charge is 0.444 e. The predicted molar refractivity (Wildman–Crippen MR) is 111 cm³/mol. The summed E-state index contributed by atoms with van der Waals surface area (Å²) >= 11 is 0. The third-order valence-corrected chi connectivity index (χ3v) is 4.92. The van der Waals surface area contributed by atoms with Crippen LogP contribution >= 0.6 is 0 Å². The second-order valence-corrected chi connectivity index (χ2v) is 7.05. The van der Waals surface area contributed by atoms with Crippen LogP contribution < -0.4 is 10.6 Å². The van der Waals surface area contributed by atoms with Gasteiger partial charge in [-0.1, -0.05) is 24.6 Å². The minimum atomic E-state index is 0.434. The summed E-state index contributed by atoms with van der Waals surface area (Å²) in [5.41, 5.74) is 1.75. The van der Waals surface area contributed by atoms with E-state index in [0.29, 0.717) is 19.0 Å². The number of rotatable bonds is 6. The highest BCUT2D eigenvalue weighted by Gasteiger charge is 2.14. The smallest absolute Gasteiger partial charge is 0.226 e. The molecule has 2 N–H and O–H groups in total. The van der Waals surface area contributed by atoms with Crippen LogP contribution in [0.25, 0.3) is 11.5 Å². The number of aryl methyl sites for hydroxylation is 1. The Morgan fingerprint density at radius 3 is 2.90 bits per heavy atom. The summed E-state index contributed by atoms with van der Waals surface area (Å²) in [7, 11) is 0. The van der Waals surface area contributed by atoms with Gasteiger partial charge in [-0.2, -0.15) is 0 Å². The van der Waals surface area contributed by atoms with Crippen molar-refractivity contribution in [3.63, 3.8) is 0 Å². The molecule has 0 atom stereocenters. The molecule has 0 bridgehead atoms. The molecule has 1 aliphatic heterocycles. The summed E-state index contributed by atoms with van der Waals surface area (Å²) in [6, 6.07) is 9.86. The molecule has 1 aliphatic rings. The molecule has 3 aromatic rings. The molecule has 0 saturated heterocycles. The van der Waals surface area contributed by atoms with Crippen molar-refractivity contribution in [2.24, 2.45) is 4.99 Å². The molecule has 0 unspecified atom stereocenters. The SMILES string of the molecule is CCNC(=NCc1coc(-c2ccccc2)n1)NCc1nnc2n1CCCCC2. The summed E-state index contributed by atoms with van der Waals surface area (Å²) in [5, 5.41) is 15.4. The summed E-state index contributed by atoms with van der Waals surface area (Å²) < 4.78 is 7.84. The Hall–Kier alpha value is -3.16. The van der Waals surface area contributed by atoms with Crippen molar-refractivity contribution in [3.05, 3.63) is 53.9 Å². The molecule has 152 valence electrons. The van der Waals surface area contributed by atoms with Gasteiger partial charge >= 0.3 is 0 Å². The molecule has 29 heavy (non-hydrogen) atoms. The number of aromatic nitrogens is 4. The van der Waals surface area contributed by atoms with E-state index < -0.39 is 0 Å². The topological polar surface area (TPSA) is 93.2 Å². The van der Waals surface area contributed by atoms with Gasteiger partial charge in [-0.25, -0.2) is 9.98 Å². The lowest BCUT2D eigenvalue weighted by Crippen LogP contribution is -2.37. The maximum atomic E-state index is 5.59. The van der Waals surface area contributed by atoms with Crippen LogP contribution in [0.1, 0.15) is 43.5 Å². The third kappa shape index (κ3) is 4.82. The Balaban J connectivity index is 1.40. The molecule has 8 heteroatoms. The number of benzene rings is 1. The molecule has 0 fully saturated rings. The van der Waals surface area contributed by atoms with Crippen LogP contribution in [0.3, 0.4) is 0 Å². The van der Waals surface area contributed by atoms with Crippen molar-refractivity contribution >= 4 is 5.96 Å². The monoisotopic (exact) mass is 393 g/mol. The van der Waals surface area contributed by atoms with Crippen molar-refractivity contribution in [2.45, 2.75) is 52.2 Å². The van der Waals surface area contributed by atoms with E-state index in [1.54, 1.807) is 6.26 Å². The van der Waals surface area contributed by atoms with Crippen molar-refractivity contribution in [2.75, 3.05) is 6.54 Å². The van der Waals surface area contributed by atoms with E-state index in [9.17, 15) is 0 Å². The fourth-order valence-corrected chi connectivity index (χ4v) is 3.43. The van der Waals surface area contributed by atoms with E-state index in [4.69, 9.17) is 4.42 Å². The fourth-order valence-electron chi connectivity index (χ4n) is 3.43. The first-order valence-electron chi connectivity index (χ1n) is 10.3. The average molecular weight is 393 g/mol. The standard InChI is InChI=1S/C21H27N7O/c1-2-22-21(24-14-19-27-26-18-11-7-4-8-12-28(18)19)23-13-17-15-29-20(25-17)16-9-5-3-6-10-16/h3,5-6,9-10,15H,2,4,7-8,11-14H2,1H3,(H2,22,23,24). The van der Waals surface area contributed by atoms with Gasteiger partial charge in [0.2, 0.25) is 5.89 Å². The Bertz CT molecular complexity index is 945. The highest BCUT2D eigenvalue weighted by Crippen LogP contribution is 2.18. The lowest BCUT2D eigenvalue weighted by atomic mass is 10.2. The van der Waals surface area contributed by atoms with Gasteiger partial charge in [0.15, 0.2) is 11.8 Å². The van der Waals surface area contributed by atoms with Gasteiger partial charge in [0.25, 0.3) is 0 Å². The molecule has 2 aromatic heterocycles. The predicted octanol–water partition coefficient (Wildman–Crippen LogP) is 2.91. The summed E-state index contributed by atoms with van der Waals surface area (Å²) in [6.45, 7) is 4.84. The number of aliphatic imine (C=N–C) groups is 1. The van der Waals surface area contributed by atoms with Crippen LogP contribution in [0.2, 0.25) is 0 Å². The number of guanidine groups is 1. The summed E-state index contributed by atoms with van der Waals surface area (Å²) in [6.07, 6.45) is 6.30. The summed E-state index contributed by atoms with van der Waals surface area (Å²) in [5.74, 6) is 3.39. The molecule has 0 spiro atoms. The maximum Gasteiger partial charge on any atom is 0.226 e. The van der Waals surface area contributed by atoms with Crippen molar-refractivity contribution in [3.8, 4) is 11.5 Å². The number of oxazole rings is 1. The number of hydrogen-bond donors (Lipinski definition) is 2. The van der Waals surface area contributed by atoms with Gasteiger partial charge in [-0.15, -0.1) is 10.2 Å². The van der Waals surface area contributed by atoms with Gasteiger partial charge in [-0.3, -0.25) is 0 Å². The minimum absolute atomic E-state index is 0.434. The van der Waals surface area contributed by atoms with Crippen molar-refractivity contribution in [1.82, 2.24) is 30.4 Å². The molecular formula is C21H27N7O. The molecule has 1 aromatic carbocycles. The quantitative estimate of drug-likeness (QED) is 0.494. The van der Waals surface area contributed by atoms with Gasteiger partial charge in [-0.05, 0) is 31.9 Å². The lowest BCUT2D eigenvalue weighted by Gasteiger charge is -2.12. The van der Waals surface area contributed by atoms with Gasteiger partial charge in [0, 0.05) is 25.1 Å². The van der Waals surface area contributed by atoms with Crippen LogP contribution in [-0.2, 0) is 26.1 Å². The molecule has 4 rings (SSSR count). The first kappa shape index (κ1) is 19.2. The molecule has 3 heterocycles. The van der Waals surface area contributed by atoms with E-state index >= 15 is 0 Å². The molecular weight excluding hydrogens is 366 g/mol. The second kappa shape index (κ2) is 9.36. The summed E-state index contributed by atoms with van der Waals surface area (Å²) in [4.78, 5) is 9.17. The first-order valence-corrected chi connectivity index (χ1v) is 10.3. The highest BCUT2D eigenvalue weighted by atomic mass is 16.3. The minimum Gasteiger partial charge on any atom is -0.444 e. The van der Waals surface area contributed by atoms with E-state index in [2.05, 4.69) is 35.4 Å². The van der Waals surface area contributed by atoms with E-state index in [1.165, 1.54) is 19.3 Å². The number of nitrogens with zero attached hydrogens (tertiary/aromatic N) is 5. The van der Waals surface area contributed by atoms with E-state index in [-0.39, 0.29) is 0 Å². The van der Waals surface area contributed by atoms with Crippen molar-refractivity contribution in [1.29, 1.82) is 0 Å². The Morgan fingerprint density at radius 2 is 2.03 bits per heavy atom. The van der Waals surface area contributed by atoms with Crippen LogP contribution in [-0.4, -0.2) is 32.3 Å². The zero-order valence-electron chi connectivity index (χ0n) is 16.8. The zero-order chi connectivity index (χ0) is 19.9. The van der Waals surface area contributed by atoms with Crippen LogP contribution in [0.15, 0.2) is 46.0 Å². The van der Waals surface area contributed by atoms with Crippen LogP contribution in [0.5, 0.6) is 0 Å². The Kier molecular flexibility index (Phi) is 6.19. The van der Waals surface area contributed by atoms with Crippen LogP contribution in [0, 0.1) is 0 Å². The molecule has 0 amide bonds. The fraction of sp³-hybridized carbons (Fsp3) is 0.429.